The standard InChI is InChI=1S/C21H32BNO4/c1-10-13-23(18(24)25-19(3,4)5)16-12-11-15(2)17(14-16)22-26-20(6,7)21(8,9)27-22/h10-12,14H,1,13H2,2-9H3. The number of carbonyl (C=O) groups excluding carboxylic acids is 1. The highest BCUT2D eigenvalue weighted by atomic mass is 16.7. The molecule has 0 bridgehead atoms. The summed E-state index contributed by atoms with van der Waals surface area (Å²) in [5, 5.41) is 0. The maximum atomic E-state index is 12.7. The average molecular weight is 373 g/mol. The first-order chi connectivity index (χ1) is 12.3. The van der Waals surface area contributed by atoms with Crippen molar-refractivity contribution in [2.24, 2.45) is 0 Å². The second-order valence-corrected chi connectivity index (χ2v) is 9.01. The summed E-state index contributed by atoms with van der Waals surface area (Å²) in [4.78, 5) is 14.2. The first-order valence-corrected chi connectivity index (χ1v) is 9.35. The van der Waals surface area contributed by atoms with E-state index in [1.165, 1.54) is 0 Å². The molecule has 0 N–H and O–H groups in total. The van der Waals surface area contributed by atoms with Crippen LogP contribution in [0.2, 0.25) is 0 Å². The third-order valence-electron chi connectivity index (χ3n) is 5.01. The Morgan fingerprint density at radius 3 is 2.26 bits per heavy atom. The zero-order valence-corrected chi connectivity index (χ0v) is 17.9. The van der Waals surface area contributed by atoms with Crippen LogP contribution in [-0.2, 0) is 14.0 Å². The molecule has 0 radical (unpaired) electrons. The Balaban J connectivity index is 2.37. The maximum absolute atomic E-state index is 12.7. The predicted octanol–water partition coefficient (Wildman–Crippen LogP) is 4.22. The number of anilines is 1. The van der Waals surface area contributed by atoms with Crippen LogP contribution in [0.5, 0.6) is 0 Å². The van der Waals surface area contributed by atoms with Crippen LogP contribution in [0.4, 0.5) is 10.5 Å². The molecule has 1 saturated heterocycles. The lowest BCUT2D eigenvalue weighted by atomic mass is 9.76. The molecular formula is C21H32BNO4. The van der Waals surface area contributed by atoms with Gasteiger partial charge < -0.3 is 14.0 Å². The van der Waals surface area contributed by atoms with E-state index in [0.29, 0.717) is 6.54 Å². The molecule has 1 aromatic rings. The van der Waals surface area contributed by atoms with Crippen LogP contribution in [-0.4, -0.2) is 36.6 Å². The van der Waals surface area contributed by atoms with Crippen molar-refractivity contribution in [2.45, 2.75) is 72.2 Å². The van der Waals surface area contributed by atoms with Gasteiger partial charge in [0.2, 0.25) is 0 Å². The van der Waals surface area contributed by atoms with Crippen molar-refractivity contribution in [1.29, 1.82) is 0 Å². The van der Waals surface area contributed by atoms with Gasteiger partial charge in [0.15, 0.2) is 0 Å². The molecular weight excluding hydrogens is 341 g/mol. The molecule has 1 heterocycles. The lowest BCUT2D eigenvalue weighted by Crippen LogP contribution is -2.41. The van der Waals surface area contributed by atoms with Gasteiger partial charge in [-0.3, -0.25) is 4.90 Å². The minimum Gasteiger partial charge on any atom is -0.443 e. The van der Waals surface area contributed by atoms with Crippen LogP contribution >= 0.6 is 0 Å². The van der Waals surface area contributed by atoms with Crippen molar-refractivity contribution in [1.82, 2.24) is 0 Å². The fourth-order valence-electron chi connectivity index (χ4n) is 2.75. The van der Waals surface area contributed by atoms with E-state index in [-0.39, 0.29) is 0 Å². The van der Waals surface area contributed by atoms with E-state index in [2.05, 4.69) is 6.58 Å². The zero-order valence-electron chi connectivity index (χ0n) is 17.9. The Labute approximate surface area is 163 Å². The molecule has 6 heteroatoms. The smallest absolute Gasteiger partial charge is 0.443 e. The minimum absolute atomic E-state index is 0.348. The summed E-state index contributed by atoms with van der Waals surface area (Å²) in [5.41, 5.74) is 1.25. The van der Waals surface area contributed by atoms with Gasteiger partial charge in [-0.2, -0.15) is 0 Å². The summed E-state index contributed by atoms with van der Waals surface area (Å²) in [6.07, 6.45) is 1.27. The number of nitrogens with zero attached hydrogens (tertiary/aromatic N) is 1. The number of ether oxygens (including phenoxy) is 1. The molecule has 0 aliphatic carbocycles. The Kier molecular flexibility index (Phi) is 5.84. The van der Waals surface area contributed by atoms with Crippen molar-refractivity contribution in [3.63, 3.8) is 0 Å². The Bertz CT molecular complexity index is 705. The lowest BCUT2D eigenvalue weighted by Gasteiger charge is -2.32. The van der Waals surface area contributed by atoms with Gasteiger partial charge in [0.05, 0.1) is 11.2 Å². The van der Waals surface area contributed by atoms with Crippen LogP contribution in [0.15, 0.2) is 30.9 Å². The summed E-state index contributed by atoms with van der Waals surface area (Å²) in [7, 11) is -0.487. The number of hydrogen-bond donors (Lipinski definition) is 0. The molecule has 0 atom stereocenters. The summed E-state index contributed by atoms with van der Waals surface area (Å²) in [6, 6.07) is 5.80. The van der Waals surface area contributed by atoms with Crippen molar-refractivity contribution >= 4 is 24.4 Å². The van der Waals surface area contributed by atoms with Crippen LogP contribution < -0.4 is 10.4 Å². The topological polar surface area (TPSA) is 48.0 Å². The molecule has 5 nitrogen and oxygen atoms in total. The lowest BCUT2D eigenvalue weighted by molar-refractivity contribution is 0.00578. The van der Waals surface area contributed by atoms with E-state index in [1.54, 1.807) is 11.0 Å². The number of carbonyl (C=O) groups is 1. The molecule has 0 aromatic heterocycles. The number of rotatable bonds is 4. The summed E-state index contributed by atoms with van der Waals surface area (Å²) in [6.45, 7) is 19.8. The Morgan fingerprint density at radius 1 is 1.22 bits per heavy atom. The largest absolute Gasteiger partial charge is 0.495 e. The van der Waals surface area contributed by atoms with Crippen molar-refractivity contribution < 1.29 is 18.8 Å². The molecule has 1 amide bonds. The van der Waals surface area contributed by atoms with E-state index in [4.69, 9.17) is 14.0 Å². The van der Waals surface area contributed by atoms with E-state index < -0.39 is 30.0 Å². The van der Waals surface area contributed by atoms with Crippen molar-refractivity contribution in [3.8, 4) is 0 Å². The molecule has 0 unspecified atom stereocenters. The van der Waals surface area contributed by atoms with Crippen LogP contribution in [0.1, 0.15) is 54.0 Å². The SMILES string of the molecule is C=CCN(C(=O)OC(C)(C)C)c1ccc(C)c(B2OC(C)(C)C(C)(C)O2)c1. The third kappa shape index (κ3) is 4.74. The molecule has 27 heavy (non-hydrogen) atoms. The second-order valence-electron chi connectivity index (χ2n) is 9.01. The monoisotopic (exact) mass is 373 g/mol. The van der Waals surface area contributed by atoms with E-state index >= 15 is 0 Å². The summed E-state index contributed by atoms with van der Waals surface area (Å²) < 4.78 is 17.9. The second kappa shape index (κ2) is 7.32. The molecule has 2 rings (SSSR count). The van der Waals surface area contributed by atoms with Crippen molar-refractivity contribution in [3.05, 3.63) is 36.4 Å². The first-order valence-electron chi connectivity index (χ1n) is 9.35. The molecule has 1 aromatic carbocycles. The van der Waals surface area contributed by atoms with E-state index in [9.17, 15) is 4.79 Å². The molecule has 1 fully saturated rings. The normalized spacial score (nSPS) is 18.3. The Morgan fingerprint density at radius 2 is 1.78 bits per heavy atom. The average Bonchev–Trinajstić information content (AvgIpc) is 2.72. The molecule has 0 spiro atoms. The predicted molar refractivity (Wildman–Crippen MR) is 111 cm³/mol. The van der Waals surface area contributed by atoms with Crippen molar-refractivity contribution in [2.75, 3.05) is 11.4 Å². The number of aryl methyl sites for hydroxylation is 1. The quantitative estimate of drug-likeness (QED) is 0.586. The highest BCUT2D eigenvalue weighted by molar-refractivity contribution is 6.62. The van der Waals surface area contributed by atoms with Crippen LogP contribution in [0.3, 0.4) is 0 Å². The molecule has 1 aliphatic heterocycles. The van der Waals surface area contributed by atoms with Gasteiger partial charge in [-0.25, -0.2) is 4.79 Å². The summed E-state index contributed by atoms with van der Waals surface area (Å²) >= 11 is 0. The van der Waals surface area contributed by atoms with E-state index in [1.807, 2.05) is 73.6 Å². The fraction of sp³-hybridized carbons (Fsp3) is 0.571. The van der Waals surface area contributed by atoms with Gasteiger partial charge in [-0.15, -0.1) is 6.58 Å². The minimum atomic E-state index is -0.574. The van der Waals surface area contributed by atoms with Crippen LogP contribution in [0, 0.1) is 6.92 Å². The molecule has 148 valence electrons. The van der Waals surface area contributed by atoms with Gasteiger partial charge in [0.1, 0.15) is 5.60 Å². The Hall–Kier alpha value is -1.79. The maximum Gasteiger partial charge on any atom is 0.495 e. The highest BCUT2D eigenvalue weighted by Gasteiger charge is 2.52. The van der Waals surface area contributed by atoms with Gasteiger partial charge in [-0.1, -0.05) is 17.7 Å². The van der Waals surface area contributed by atoms with Gasteiger partial charge in [0, 0.05) is 12.2 Å². The highest BCUT2D eigenvalue weighted by Crippen LogP contribution is 2.37. The van der Waals surface area contributed by atoms with E-state index in [0.717, 1.165) is 16.7 Å². The molecule has 0 saturated carbocycles. The zero-order chi connectivity index (χ0) is 20.6. The number of amides is 1. The third-order valence-corrected chi connectivity index (χ3v) is 5.01. The van der Waals surface area contributed by atoms with Gasteiger partial charge in [0.25, 0.3) is 0 Å². The summed E-state index contributed by atoms with van der Waals surface area (Å²) in [5.74, 6) is 0. The number of hydrogen-bond acceptors (Lipinski definition) is 4. The molecule has 1 aliphatic rings. The number of benzene rings is 1. The van der Waals surface area contributed by atoms with Crippen LogP contribution in [0.25, 0.3) is 0 Å². The van der Waals surface area contributed by atoms with Gasteiger partial charge in [-0.05, 0) is 73.0 Å². The van der Waals surface area contributed by atoms with Gasteiger partial charge >= 0.3 is 13.2 Å². The first kappa shape index (κ1) is 21.5. The fourth-order valence-corrected chi connectivity index (χ4v) is 2.75.